The molecular formula is C9H18BCl3NZr. The first-order valence-electron chi connectivity index (χ1n) is 5.09. The first-order valence-corrected chi connectivity index (χ1v) is 14.6. The third kappa shape index (κ3) is 7.42. The van der Waals surface area contributed by atoms with Crippen LogP contribution in [-0.4, -0.2) is 29.5 Å². The third-order valence-electron chi connectivity index (χ3n) is 2.25. The molecule has 0 atom stereocenters. The number of hydrogen-bond acceptors (Lipinski definition) is 1. The number of nitrogens with zero attached hydrogens (tertiary/aromatic N) is 1. The van der Waals surface area contributed by atoms with E-state index < -0.39 is 18.2 Å². The Labute approximate surface area is 113 Å². The van der Waals surface area contributed by atoms with Crippen molar-refractivity contribution < 1.29 is 18.2 Å². The Morgan fingerprint density at radius 2 is 1.80 bits per heavy atom. The van der Waals surface area contributed by atoms with Crippen LogP contribution in [-0.2, 0) is 18.2 Å². The summed E-state index contributed by atoms with van der Waals surface area (Å²) >= 11 is -2.13. The van der Waals surface area contributed by atoms with Gasteiger partial charge in [0.25, 0.3) is 0 Å². The van der Waals surface area contributed by atoms with Gasteiger partial charge < -0.3 is 0 Å². The minimum atomic E-state index is -2.13. The Morgan fingerprint density at radius 3 is 2.07 bits per heavy atom. The van der Waals surface area contributed by atoms with E-state index >= 15 is 0 Å². The summed E-state index contributed by atoms with van der Waals surface area (Å²) in [6.07, 6.45) is 2.41. The van der Waals surface area contributed by atoms with E-state index in [1.807, 2.05) is 0 Å². The van der Waals surface area contributed by atoms with Gasteiger partial charge in [0.1, 0.15) is 0 Å². The van der Waals surface area contributed by atoms with Gasteiger partial charge in [0.15, 0.2) is 0 Å². The molecule has 0 aromatic rings. The molecule has 1 aliphatic rings. The Kier molecular flexibility index (Phi) is 8.51. The van der Waals surface area contributed by atoms with Crippen molar-refractivity contribution in [3.63, 3.8) is 0 Å². The van der Waals surface area contributed by atoms with E-state index in [1.165, 1.54) is 24.9 Å². The van der Waals surface area contributed by atoms with Crippen LogP contribution in [0.4, 0.5) is 0 Å². The van der Waals surface area contributed by atoms with Gasteiger partial charge in [0.2, 0.25) is 0 Å². The molecule has 6 heteroatoms. The molecule has 0 fully saturated rings. The van der Waals surface area contributed by atoms with Crippen LogP contribution in [0.2, 0.25) is 6.32 Å². The zero-order valence-corrected chi connectivity index (χ0v) is 14.5. The SMILES string of the molecule is CCC1=BCCN1C(C)(C)C.[Cl][Zr]([Cl])[Cl]. The molecular weight excluding hydrogens is 331 g/mol. The van der Waals surface area contributed by atoms with Crippen molar-refractivity contribution in [1.82, 2.24) is 4.90 Å². The molecule has 0 spiro atoms. The van der Waals surface area contributed by atoms with E-state index in [9.17, 15) is 0 Å². The van der Waals surface area contributed by atoms with E-state index in [0.717, 1.165) is 0 Å². The number of hydrogen-bond donors (Lipinski definition) is 0. The van der Waals surface area contributed by atoms with E-state index in [4.69, 9.17) is 25.5 Å². The average molecular weight is 349 g/mol. The normalized spacial score (nSPS) is 15.1. The maximum atomic E-state index is 5.00. The molecule has 0 aliphatic carbocycles. The summed E-state index contributed by atoms with van der Waals surface area (Å²) in [4.78, 5) is 2.51. The molecule has 0 amide bonds. The van der Waals surface area contributed by atoms with Crippen molar-refractivity contribution in [1.29, 1.82) is 0 Å². The van der Waals surface area contributed by atoms with Gasteiger partial charge >= 0.3 is 114 Å². The fraction of sp³-hybridized carbons (Fsp3) is 0.889. The van der Waals surface area contributed by atoms with Crippen molar-refractivity contribution >= 4 is 38.0 Å². The van der Waals surface area contributed by atoms with Crippen molar-refractivity contribution in [3.05, 3.63) is 0 Å². The quantitative estimate of drug-likeness (QED) is 0.651. The predicted octanol–water partition coefficient (Wildman–Crippen LogP) is 3.83. The first kappa shape index (κ1) is 16.5. The van der Waals surface area contributed by atoms with Crippen LogP contribution in [0.3, 0.4) is 0 Å². The van der Waals surface area contributed by atoms with Gasteiger partial charge in [-0.1, -0.05) is 0 Å². The second kappa shape index (κ2) is 7.74. The molecule has 1 aliphatic heterocycles. The number of rotatable bonds is 1. The Morgan fingerprint density at radius 1 is 1.33 bits per heavy atom. The van der Waals surface area contributed by atoms with Gasteiger partial charge in [-0.2, -0.15) is 0 Å². The summed E-state index contributed by atoms with van der Waals surface area (Å²) in [6.45, 7) is 12.7. The second-order valence-electron chi connectivity index (χ2n) is 4.37. The molecule has 0 bridgehead atoms. The average Bonchev–Trinajstić information content (AvgIpc) is 2.48. The van der Waals surface area contributed by atoms with Gasteiger partial charge in [-0.3, -0.25) is 0 Å². The van der Waals surface area contributed by atoms with Gasteiger partial charge in [-0.25, -0.2) is 0 Å². The molecule has 1 nitrogen and oxygen atoms in total. The van der Waals surface area contributed by atoms with Crippen LogP contribution in [0.5, 0.6) is 0 Å². The van der Waals surface area contributed by atoms with Crippen LogP contribution in [0, 0.1) is 0 Å². The summed E-state index contributed by atoms with van der Waals surface area (Å²) in [5.74, 6) is 0. The Hall–Kier alpha value is 1.49. The molecule has 0 unspecified atom stereocenters. The van der Waals surface area contributed by atoms with E-state index in [0.29, 0.717) is 5.54 Å². The Balaban J connectivity index is 0.000000423. The fourth-order valence-electron chi connectivity index (χ4n) is 1.72. The molecule has 1 rings (SSSR count). The summed E-state index contributed by atoms with van der Waals surface area (Å²) < 4.78 is 0. The van der Waals surface area contributed by atoms with Crippen molar-refractivity contribution in [2.75, 3.05) is 6.54 Å². The van der Waals surface area contributed by atoms with E-state index in [2.05, 4.69) is 39.5 Å². The molecule has 0 N–H and O–H groups in total. The van der Waals surface area contributed by atoms with Gasteiger partial charge in [0, 0.05) is 0 Å². The van der Waals surface area contributed by atoms with Crippen LogP contribution < -0.4 is 0 Å². The summed E-state index contributed by atoms with van der Waals surface area (Å²) in [5, 5.41) is 0. The van der Waals surface area contributed by atoms with Crippen LogP contribution in [0.1, 0.15) is 34.1 Å². The fourth-order valence-corrected chi connectivity index (χ4v) is 1.72. The summed E-state index contributed by atoms with van der Waals surface area (Å²) in [5.41, 5.74) is 1.84. The predicted molar refractivity (Wildman–Crippen MR) is 69.9 cm³/mol. The molecule has 0 aromatic heterocycles. The van der Waals surface area contributed by atoms with Crippen molar-refractivity contribution in [2.24, 2.45) is 0 Å². The standard InChI is InChI=1S/C9H18BN.3ClH.Zr/c1-5-8-10-6-7-11(8)9(2,3)4;;;;/h5-7H2,1-4H3;3*1H;/q;;;;+3/p-3. The van der Waals surface area contributed by atoms with Gasteiger partial charge in [0.05, 0.1) is 0 Å². The van der Waals surface area contributed by atoms with E-state index in [-0.39, 0.29) is 0 Å². The van der Waals surface area contributed by atoms with Crippen LogP contribution >= 0.6 is 25.5 Å². The second-order valence-corrected chi connectivity index (χ2v) is 15.6. The van der Waals surface area contributed by atoms with Gasteiger partial charge in [-0.05, 0) is 0 Å². The van der Waals surface area contributed by atoms with Crippen molar-refractivity contribution in [2.45, 2.75) is 46.0 Å². The summed E-state index contributed by atoms with van der Waals surface area (Å²) in [7, 11) is 15.0. The molecule has 1 heterocycles. The summed E-state index contributed by atoms with van der Waals surface area (Å²) in [6, 6.07) is 0. The molecule has 87 valence electrons. The first-order chi connectivity index (χ1) is 6.79. The molecule has 0 radical (unpaired) electrons. The maximum absolute atomic E-state index is 5.00. The topological polar surface area (TPSA) is 3.24 Å². The molecule has 15 heavy (non-hydrogen) atoms. The van der Waals surface area contributed by atoms with Gasteiger partial charge in [-0.15, -0.1) is 0 Å². The van der Waals surface area contributed by atoms with E-state index in [1.54, 1.807) is 0 Å². The minimum absolute atomic E-state index is 0.318. The third-order valence-corrected chi connectivity index (χ3v) is 2.25. The molecule has 0 saturated carbocycles. The molecule has 0 aromatic carbocycles. The Bertz CT molecular complexity index is 213. The number of halogens is 3. The zero-order chi connectivity index (χ0) is 12.1. The zero-order valence-electron chi connectivity index (χ0n) is 9.78. The van der Waals surface area contributed by atoms with Crippen molar-refractivity contribution in [3.8, 4) is 0 Å². The van der Waals surface area contributed by atoms with Crippen LogP contribution in [0.15, 0.2) is 0 Å². The monoisotopic (exact) mass is 346 g/mol. The van der Waals surface area contributed by atoms with Crippen LogP contribution in [0.25, 0.3) is 0 Å². The molecule has 0 saturated heterocycles.